The lowest BCUT2D eigenvalue weighted by Gasteiger charge is -2.01. The van der Waals surface area contributed by atoms with Crippen LogP contribution in [0.3, 0.4) is 0 Å². The second-order valence-electron chi connectivity index (χ2n) is 3.24. The van der Waals surface area contributed by atoms with Crippen LogP contribution < -0.4 is 5.32 Å². The molecule has 0 atom stereocenters. The number of alkyl halides is 1. The third-order valence-corrected chi connectivity index (χ3v) is 2.28. The van der Waals surface area contributed by atoms with Gasteiger partial charge in [-0.1, -0.05) is 18.0 Å². The van der Waals surface area contributed by atoms with Crippen molar-refractivity contribution in [3.63, 3.8) is 0 Å². The van der Waals surface area contributed by atoms with Gasteiger partial charge in [-0.3, -0.25) is 4.79 Å². The van der Waals surface area contributed by atoms with E-state index in [4.69, 9.17) is 11.6 Å². The van der Waals surface area contributed by atoms with Crippen molar-refractivity contribution in [3.8, 4) is 0 Å². The molecule has 0 aliphatic rings. The Balaban J connectivity index is 2.03. The number of nitrogens with one attached hydrogen (secondary N) is 1. The number of amides is 1. The first-order valence-electron chi connectivity index (χ1n) is 5.09. The summed E-state index contributed by atoms with van der Waals surface area (Å²) in [5, 5.41) is 6.31. The van der Waals surface area contributed by atoms with Crippen molar-refractivity contribution in [2.24, 2.45) is 0 Å². The van der Waals surface area contributed by atoms with Gasteiger partial charge in [0, 0.05) is 18.5 Å². The van der Waals surface area contributed by atoms with E-state index in [1.54, 1.807) is 6.07 Å². The second kappa shape index (κ2) is 7.29. The first kappa shape index (κ1) is 12.0. The van der Waals surface area contributed by atoms with Gasteiger partial charge in [0.05, 0.1) is 0 Å². The van der Waals surface area contributed by atoms with Gasteiger partial charge in [-0.2, -0.15) is 0 Å². The van der Waals surface area contributed by atoms with Crippen LogP contribution in [0.1, 0.15) is 36.2 Å². The fourth-order valence-corrected chi connectivity index (χ4v) is 1.38. The summed E-state index contributed by atoms with van der Waals surface area (Å²) in [6.07, 6.45) is 5.60. The van der Waals surface area contributed by atoms with Crippen molar-refractivity contribution < 1.29 is 9.32 Å². The number of halogens is 1. The summed E-state index contributed by atoms with van der Waals surface area (Å²) in [5.74, 6) is 0.534. The molecule has 0 saturated carbocycles. The predicted octanol–water partition coefficient (Wildman–Crippen LogP) is 2.20. The summed E-state index contributed by atoms with van der Waals surface area (Å²) in [7, 11) is 0. The number of carbonyl (C=O) groups excluding carboxylic acids is 1. The van der Waals surface area contributed by atoms with Gasteiger partial charge in [0.1, 0.15) is 6.26 Å². The molecule has 0 aromatic carbocycles. The van der Waals surface area contributed by atoms with Gasteiger partial charge < -0.3 is 9.84 Å². The number of nitrogens with zero attached hydrogens (tertiary/aromatic N) is 1. The number of unbranched alkanes of at least 4 members (excludes halogenated alkanes) is 3. The van der Waals surface area contributed by atoms with E-state index in [0.717, 1.165) is 25.7 Å². The molecule has 5 heteroatoms. The van der Waals surface area contributed by atoms with Crippen LogP contribution in [0.25, 0.3) is 0 Å². The SMILES string of the molecule is O=C(NCCCCCCCl)c1ccon1. The molecule has 0 aliphatic carbocycles. The summed E-state index contributed by atoms with van der Waals surface area (Å²) in [6.45, 7) is 0.675. The summed E-state index contributed by atoms with van der Waals surface area (Å²) in [4.78, 5) is 11.3. The van der Waals surface area contributed by atoms with Crippen LogP contribution in [0.2, 0.25) is 0 Å². The minimum Gasteiger partial charge on any atom is -0.364 e. The minimum absolute atomic E-state index is 0.180. The van der Waals surface area contributed by atoms with Crippen LogP contribution in [0.15, 0.2) is 16.9 Å². The minimum atomic E-state index is -0.180. The Morgan fingerprint density at radius 3 is 2.87 bits per heavy atom. The van der Waals surface area contributed by atoms with Crippen molar-refractivity contribution in [1.29, 1.82) is 0 Å². The normalized spacial score (nSPS) is 10.2. The molecule has 0 aliphatic heterocycles. The Morgan fingerprint density at radius 1 is 1.40 bits per heavy atom. The average Bonchev–Trinajstić information content (AvgIpc) is 2.76. The Hall–Kier alpha value is -1.03. The van der Waals surface area contributed by atoms with E-state index in [9.17, 15) is 4.79 Å². The number of rotatable bonds is 7. The molecule has 0 saturated heterocycles. The Labute approximate surface area is 94.0 Å². The summed E-state index contributed by atoms with van der Waals surface area (Å²) in [5.41, 5.74) is 0.329. The highest BCUT2D eigenvalue weighted by molar-refractivity contribution is 6.17. The van der Waals surface area contributed by atoms with Crippen molar-refractivity contribution in [2.75, 3.05) is 12.4 Å². The number of aromatic nitrogens is 1. The van der Waals surface area contributed by atoms with Crippen LogP contribution in [-0.4, -0.2) is 23.5 Å². The Morgan fingerprint density at radius 2 is 2.20 bits per heavy atom. The summed E-state index contributed by atoms with van der Waals surface area (Å²) in [6, 6.07) is 1.54. The van der Waals surface area contributed by atoms with Gasteiger partial charge in [0.25, 0.3) is 5.91 Å². The molecule has 1 heterocycles. The lowest BCUT2D eigenvalue weighted by molar-refractivity contribution is 0.0944. The first-order valence-corrected chi connectivity index (χ1v) is 5.62. The lowest BCUT2D eigenvalue weighted by atomic mass is 10.2. The van der Waals surface area contributed by atoms with Crippen LogP contribution in [0, 0.1) is 0 Å². The topological polar surface area (TPSA) is 55.1 Å². The zero-order valence-corrected chi connectivity index (χ0v) is 9.29. The molecule has 0 radical (unpaired) electrons. The third kappa shape index (κ3) is 4.83. The maximum absolute atomic E-state index is 11.3. The highest BCUT2D eigenvalue weighted by Gasteiger charge is 2.06. The predicted molar refractivity (Wildman–Crippen MR) is 58.0 cm³/mol. The molecular weight excluding hydrogens is 216 g/mol. The van der Waals surface area contributed by atoms with Crippen molar-refractivity contribution >= 4 is 17.5 Å². The van der Waals surface area contributed by atoms with Gasteiger partial charge in [0.2, 0.25) is 0 Å². The van der Waals surface area contributed by atoms with E-state index in [0.29, 0.717) is 18.1 Å². The molecule has 1 rings (SSSR count). The average molecular weight is 231 g/mol. The molecule has 1 aromatic heterocycles. The molecule has 0 unspecified atom stereocenters. The molecule has 1 amide bonds. The largest absolute Gasteiger partial charge is 0.364 e. The van der Waals surface area contributed by atoms with Crippen molar-refractivity contribution in [3.05, 3.63) is 18.0 Å². The fourth-order valence-electron chi connectivity index (χ4n) is 1.20. The van der Waals surface area contributed by atoms with E-state index >= 15 is 0 Å². The molecular formula is C10H15ClN2O2. The monoisotopic (exact) mass is 230 g/mol. The lowest BCUT2D eigenvalue weighted by Crippen LogP contribution is -2.24. The fraction of sp³-hybridized carbons (Fsp3) is 0.600. The molecule has 0 fully saturated rings. The van der Waals surface area contributed by atoms with E-state index in [1.807, 2.05) is 0 Å². The second-order valence-corrected chi connectivity index (χ2v) is 3.62. The van der Waals surface area contributed by atoms with Gasteiger partial charge in [-0.25, -0.2) is 0 Å². The van der Waals surface area contributed by atoms with Crippen molar-refractivity contribution in [1.82, 2.24) is 10.5 Å². The molecule has 84 valence electrons. The standard InChI is InChI=1S/C10H15ClN2O2/c11-6-3-1-2-4-7-12-10(14)9-5-8-15-13-9/h5,8H,1-4,6-7H2,(H,12,14). The van der Waals surface area contributed by atoms with E-state index in [-0.39, 0.29) is 5.91 Å². The molecule has 15 heavy (non-hydrogen) atoms. The highest BCUT2D eigenvalue weighted by Crippen LogP contribution is 2.00. The molecule has 0 spiro atoms. The van der Waals surface area contributed by atoms with Crippen molar-refractivity contribution in [2.45, 2.75) is 25.7 Å². The highest BCUT2D eigenvalue weighted by atomic mass is 35.5. The zero-order valence-electron chi connectivity index (χ0n) is 8.54. The first-order chi connectivity index (χ1) is 7.34. The van der Waals surface area contributed by atoms with E-state index in [1.165, 1.54) is 6.26 Å². The van der Waals surface area contributed by atoms with Crippen LogP contribution in [0.5, 0.6) is 0 Å². The maximum Gasteiger partial charge on any atom is 0.273 e. The molecule has 1 aromatic rings. The van der Waals surface area contributed by atoms with Gasteiger partial charge >= 0.3 is 0 Å². The maximum atomic E-state index is 11.3. The molecule has 0 bridgehead atoms. The Bertz CT molecular complexity index is 275. The van der Waals surface area contributed by atoms with E-state index < -0.39 is 0 Å². The van der Waals surface area contributed by atoms with Gasteiger partial charge in [-0.05, 0) is 12.8 Å². The van der Waals surface area contributed by atoms with Crippen LogP contribution >= 0.6 is 11.6 Å². The smallest absolute Gasteiger partial charge is 0.273 e. The molecule has 1 N–H and O–H groups in total. The number of hydrogen-bond donors (Lipinski definition) is 1. The number of hydrogen-bond acceptors (Lipinski definition) is 3. The zero-order chi connectivity index (χ0) is 10.9. The van der Waals surface area contributed by atoms with Crippen LogP contribution in [0.4, 0.5) is 0 Å². The quantitative estimate of drug-likeness (QED) is 0.577. The van der Waals surface area contributed by atoms with Crippen LogP contribution in [-0.2, 0) is 0 Å². The van der Waals surface area contributed by atoms with E-state index in [2.05, 4.69) is 15.0 Å². The van der Waals surface area contributed by atoms with Gasteiger partial charge in [-0.15, -0.1) is 11.6 Å². The Kier molecular flexibility index (Phi) is 5.85. The number of carbonyl (C=O) groups is 1. The third-order valence-electron chi connectivity index (χ3n) is 2.02. The summed E-state index contributed by atoms with van der Waals surface area (Å²) >= 11 is 5.54. The van der Waals surface area contributed by atoms with Gasteiger partial charge in [0.15, 0.2) is 5.69 Å². The molecule has 4 nitrogen and oxygen atoms in total. The summed E-state index contributed by atoms with van der Waals surface area (Å²) < 4.78 is 4.57.